The van der Waals surface area contributed by atoms with E-state index in [-0.39, 0.29) is 11.6 Å². The van der Waals surface area contributed by atoms with Gasteiger partial charge < -0.3 is 4.98 Å². The van der Waals surface area contributed by atoms with Crippen LogP contribution in [0, 0.1) is 5.82 Å². The molecule has 1 aromatic heterocycles. The van der Waals surface area contributed by atoms with E-state index in [2.05, 4.69) is 9.88 Å². The molecular formula is C16H17FN2O. The number of hydrogen-bond donors (Lipinski definition) is 1. The molecule has 1 heterocycles. The van der Waals surface area contributed by atoms with Crippen LogP contribution < -0.4 is 0 Å². The van der Waals surface area contributed by atoms with Gasteiger partial charge in [-0.3, -0.25) is 9.69 Å². The Labute approximate surface area is 117 Å². The Balaban J connectivity index is 1.70. The van der Waals surface area contributed by atoms with E-state index in [1.165, 1.54) is 6.07 Å². The van der Waals surface area contributed by atoms with E-state index in [0.717, 1.165) is 12.8 Å². The fraction of sp³-hybridized carbons (Fsp3) is 0.312. The Bertz CT molecular complexity index is 590. The molecule has 3 nitrogen and oxygen atoms in total. The van der Waals surface area contributed by atoms with E-state index >= 15 is 0 Å². The molecule has 0 unspecified atom stereocenters. The molecule has 0 spiro atoms. The summed E-state index contributed by atoms with van der Waals surface area (Å²) in [6.45, 7) is 0.823. The maximum absolute atomic E-state index is 13.7. The largest absolute Gasteiger partial charge is 0.359 e. The lowest BCUT2D eigenvalue weighted by Gasteiger charge is -2.21. The number of nitrogens with zero attached hydrogens (tertiary/aromatic N) is 1. The second kappa shape index (κ2) is 5.59. The van der Waals surface area contributed by atoms with Crippen molar-refractivity contribution in [3.8, 4) is 0 Å². The second-order valence-corrected chi connectivity index (χ2v) is 5.23. The van der Waals surface area contributed by atoms with Crippen molar-refractivity contribution in [3.63, 3.8) is 0 Å². The number of carbonyl (C=O) groups is 1. The first-order chi connectivity index (χ1) is 9.74. The maximum Gasteiger partial charge on any atom is 0.192 e. The van der Waals surface area contributed by atoms with Crippen LogP contribution in [0.25, 0.3) is 0 Å². The van der Waals surface area contributed by atoms with E-state index in [1.54, 1.807) is 24.4 Å². The summed E-state index contributed by atoms with van der Waals surface area (Å²) >= 11 is 0. The standard InChI is InChI=1S/C16H17FN2O/c17-14-5-2-1-4-12(14)10-19(13-7-8-13)11-16(20)15-6-3-9-18-15/h1-6,9,13,18H,7-8,10-11H2. The topological polar surface area (TPSA) is 36.1 Å². The highest BCUT2D eigenvalue weighted by atomic mass is 19.1. The highest BCUT2D eigenvalue weighted by Crippen LogP contribution is 2.28. The van der Waals surface area contributed by atoms with Gasteiger partial charge in [0.15, 0.2) is 5.78 Å². The van der Waals surface area contributed by atoms with Crippen LogP contribution in [0.3, 0.4) is 0 Å². The molecule has 1 aliphatic carbocycles. The summed E-state index contributed by atoms with van der Waals surface area (Å²) in [5.41, 5.74) is 1.27. The number of ketones is 1. The molecule has 20 heavy (non-hydrogen) atoms. The van der Waals surface area contributed by atoms with Gasteiger partial charge in [-0.2, -0.15) is 0 Å². The summed E-state index contributed by atoms with van der Waals surface area (Å²) in [6.07, 6.45) is 3.92. The third kappa shape index (κ3) is 2.96. The summed E-state index contributed by atoms with van der Waals surface area (Å²) in [7, 11) is 0. The normalized spacial score (nSPS) is 14.7. The number of hydrogen-bond acceptors (Lipinski definition) is 2. The third-order valence-electron chi connectivity index (χ3n) is 3.64. The van der Waals surface area contributed by atoms with Crippen LogP contribution in [-0.4, -0.2) is 28.3 Å². The predicted octanol–water partition coefficient (Wildman–Crippen LogP) is 3.00. The van der Waals surface area contributed by atoms with Gasteiger partial charge in [0, 0.05) is 24.3 Å². The Hall–Kier alpha value is -1.94. The van der Waals surface area contributed by atoms with Crippen molar-refractivity contribution in [1.29, 1.82) is 0 Å². The monoisotopic (exact) mass is 272 g/mol. The highest BCUT2D eigenvalue weighted by molar-refractivity contribution is 5.95. The van der Waals surface area contributed by atoms with Crippen molar-refractivity contribution in [2.45, 2.75) is 25.4 Å². The van der Waals surface area contributed by atoms with Gasteiger partial charge in [-0.15, -0.1) is 0 Å². The molecule has 1 aliphatic rings. The molecule has 104 valence electrons. The summed E-state index contributed by atoms with van der Waals surface area (Å²) in [5, 5.41) is 0. The molecule has 1 aromatic carbocycles. The first kappa shape index (κ1) is 13.1. The molecule has 0 amide bonds. The lowest BCUT2D eigenvalue weighted by molar-refractivity contribution is 0.0914. The fourth-order valence-electron chi connectivity index (χ4n) is 2.37. The molecule has 0 bridgehead atoms. The number of H-pyrrole nitrogens is 1. The van der Waals surface area contributed by atoms with Crippen LogP contribution >= 0.6 is 0 Å². The molecule has 1 N–H and O–H groups in total. The first-order valence-corrected chi connectivity index (χ1v) is 6.88. The molecule has 1 fully saturated rings. The highest BCUT2D eigenvalue weighted by Gasteiger charge is 2.31. The number of aromatic amines is 1. The van der Waals surface area contributed by atoms with E-state index in [4.69, 9.17) is 0 Å². The van der Waals surface area contributed by atoms with Gasteiger partial charge >= 0.3 is 0 Å². The van der Waals surface area contributed by atoms with Crippen LogP contribution in [0.2, 0.25) is 0 Å². The van der Waals surface area contributed by atoms with Crippen molar-refractivity contribution >= 4 is 5.78 Å². The molecule has 0 saturated heterocycles. The van der Waals surface area contributed by atoms with E-state index in [1.807, 2.05) is 12.1 Å². The molecule has 1 saturated carbocycles. The zero-order chi connectivity index (χ0) is 13.9. The van der Waals surface area contributed by atoms with Crippen LogP contribution in [0.4, 0.5) is 4.39 Å². The van der Waals surface area contributed by atoms with Gasteiger partial charge in [-0.05, 0) is 31.0 Å². The van der Waals surface area contributed by atoms with Crippen molar-refractivity contribution < 1.29 is 9.18 Å². The Morgan fingerprint density at radius 2 is 2.05 bits per heavy atom. The van der Waals surface area contributed by atoms with Crippen molar-refractivity contribution in [1.82, 2.24) is 9.88 Å². The minimum atomic E-state index is -0.203. The number of Topliss-reactive ketones (excluding diaryl/α,β-unsaturated/α-hetero) is 1. The molecule has 0 aliphatic heterocycles. The number of nitrogens with one attached hydrogen (secondary N) is 1. The zero-order valence-electron chi connectivity index (χ0n) is 11.2. The van der Waals surface area contributed by atoms with E-state index in [0.29, 0.717) is 30.4 Å². The van der Waals surface area contributed by atoms with Gasteiger partial charge in [-0.25, -0.2) is 4.39 Å². The SMILES string of the molecule is O=C(CN(Cc1ccccc1F)C1CC1)c1ccc[nH]1. The van der Waals surface area contributed by atoms with Crippen LogP contribution in [0.1, 0.15) is 28.9 Å². The third-order valence-corrected chi connectivity index (χ3v) is 3.64. The van der Waals surface area contributed by atoms with Gasteiger partial charge in [0.05, 0.1) is 12.2 Å². The minimum absolute atomic E-state index is 0.0539. The fourth-order valence-corrected chi connectivity index (χ4v) is 2.37. The van der Waals surface area contributed by atoms with Gasteiger partial charge in [0.2, 0.25) is 0 Å². The minimum Gasteiger partial charge on any atom is -0.359 e. The van der Waals surface area contributed by atoms with Gasteiger partial charge in [-0.1, -0.05) is 18.2 Å². The smallest absolute Gasteiger partial charge is 0.192 e. The van der Waals surface area contributed by atoms with E-state index in [9.17, 15) is 9.18 Å². The van der Waals surface area contributed by atoms with Crippen LogP contribution in [0.5, 0.6) is 0 Å². The molecule has 4 heteroatoms. The number of carbonyl (C=O) groups excluding carboxylic acids is 1. The lowest BCUT2D eigenvalue weighted by atomic mass is 10.2. The number of halogens is 1. The van der Waals surface area contributed by atoms with E-state index < -0.39 is 0 Å². The van der Waals surface area contributed by atoms with Crippen molar-refractivity contribution in [2.75, 3.05) is 6.54 Å². The quantitative estimate of drug-likeness (QED) is 0.821. The molecule has 0 atom stereocenters. The van der Waals surface area contributed by atoms with Gasteiger partial charge in [0.25, 0.3) is 0 Å². The van der Waals surface area contributed by atoms with Crippen molar-refractivity contribution in [2.24, 2.45) is 0 Å². The molecule has 3 rings (SSSR count). The van der Waals surface area contributed by atoms with Crippen LogP contribution in [-0.2, 0) is 6.54 Å². The summed E-state index contributed by atoms with van der Waals surface area (Å²) < 4.78 is 13.7. The Kier molecular flexibility index (Phi) is 3.65. The second-order valence-electron chi connectivity index (χ2n) is 5.23. The average Bonchev–Trinajstić information content (AvgIpc) is 3.14. The average molecular weight is 272 g/mol. The summed E-state index contributed by atoms with van der Waals surface area (Å²) in [5.74, 6) is -0.149. The van der Waals surface area contributed by atoms with Gasteiger partial charge in [0.1, 0.15) is 5.82 Å². The predicted molar refractivity (Wildman–Crippen MR) is 75.0 cm³/mol. The maximum atomic E-state index is 13.7. The Morgan fingerprint density at radius 3 is 2.70 bits per heavy atom. The first-order valence-electron chi connectivity index (χ1n) is 6.88. The zero-order valence-corrected chi connectivity index (χ0v) is 11.2. The summed E-state index contributed by atoms with van der Waals surface area (Å²) in [6, 6.07) is 10.8. The van der Waals surface area contributed by atoms with Crippen molar-refractivity contribution in [3.05, 3.63) is 59.7 Å². The van der Waals surface area contributed by atoms with Crippen LogP contribution in [0.15, 0.2) is 42.6 Å². The number of rotatable bonds is 6. The lowest BCUT2D eigenvalue weighted by Crippen LogP contribution is -2.32. The Morgan fingerprint density at radius 1 is 1.25 bits per heavy atom. The number of benzene rings is 1. The molecule has 0 radical (unpaired) electrons. The number of aromatic nitrogens is 1. The molecule has 2 aromatic rings. The summed E-state index contributed by atoms with van der Waals surface area (Å²) in [4.78, 5) is 17.2. The molecular weight excluding hydrogens is 255 g/mol.